The molecule has 2 heterocycles. The van der Waals surface area contributed by atoms with Crippen molar-refractivity contribution in [2.24, 2.45) is 0 Å². The van der Waals surface area contributed by atoms with Crippen LogP contribution >= 0.6 is 12.2 Å². The van der Waals surface area contributed by atoms with Crippen molar-refractivity contribution < 1.29 is 9.47 Å². The summed E-state index contributed by atoms with van der Waals surface area (Å²) >= 11 is 5.41. The largest absolute Gasteiger partial charge is 0.493 e. The lowest BCUT2D eigenvalue weighted by Crippen LogP contribution is -2.43. The van der Waals surface area contributed by atoms with Gasteiger partial charge in [-0.15, -0.1) is 0 Å². The smallest absolute Gasteiger partial charge is 0.170 e. The van der Waals surface area contributed by atoms with Gasteiger partial charge in [0.2, 0.25) is 0 Å². The van der Waals surface area contributed by atoms with Gasteiger partial charge in [0, 0.05) is 69.5 Å². The summed E-state index contributed by atoms with van der Waals surface area (Å²) in [5.74, 6) is 1.45. The molecular formula is C22H34N6O2S. The molecule has 0 saturated carbocycles. The van der Waals surface area contributed by atoms with Gasteiger partial charge in [0.15, 0.2) is 16.6 Å². The Labute approximate surface area is 190 Å². The van der Waals surface area contributed by atoms with Gasteiger partial charge in [0.1, 0.15) is 0 Å². The first-order valence-electron chi connectivity index (χ1n) is 10.9. The predicted octanol–water partition coefficient (Wildman–Crippen LogP) is 2.25. The molecule has 3 rings (SSSR count). The van der Waals surface area contributed by atoms with Crippen LogP contribution in [0.4, 0.5) is 5.69 Å². The Morgan fingerprint density at radius 2 is 2.03 bits per heavy atom. The van der Waals surface area contributed by atoms with Gasteiger partial charge in [-0.25, -0.2) is 4.98 Å². The minimum Gasteiger partial charge on any atom is -0.493 e. The number of ether oxygens (including phenoxy) is 2. The fourth-order valence-electron chi connectivity index (χ4n) is 3.52. The Bertz CT molecular complexity index is 822. The molecule has 8 nitrogen and oxygen atoms in total. The van der Waals surface area contributed by atoms with Crippen LogP contribution in [-0.4, -0.2) is 72.5 Å². The van der Waals surface area contributed by atoms with Crippen molar-refractivity contribution in [2.75, 3.05) is 58.3 Å². The fraction of sp³-hybridized carbons (Fsp3) is 0.545. The Balaban J connectivity index is 1.37. The number of methoxy groups -OCH3 is 1. The standard InChI is InChI=1S/C22H34N6O2S/c1-18-16-24-17-28(18)11-3-7-25-22(31)26-19-5-6-20(21(15-19)29-2)30-14-4-10-27-12-8-23-9-13-27/h5-6,15-17,23H,3-4,7-14H2,1-2H3,(H2,25,26,31). The maximum Gasteiger partial charge on any atom is 0.170 e. The predicted molar refractivity (Wildman–Crippen MR) is 128 cm³/mol. The molecular weight excluding hydrogens is 412 g/mol. The van der Waals surface area contributed by atoms with E-state index in [1.54, 1.807) is 7.11 Å². The fourth-order valence-corrected chi connectivity index (χ4v) is 3.74. The van der Waals surface area contributed by atoms with E-state index in [1.165, 1.54) is 5.69 Å². The first-order valence-corrected chi connectivity index (χ1v) is 11.3. The topological polar surface area (TPSA) is 75.6 Å². The highest BCUT2D eigenvalue weighted by Crippen LogP contribution is 2.30. The molecule has 0 bridgehead atoms. The van der Waals surface area contributed by atoms with Crippen molar-refractivity contribution in [1.82, 2.24) is 25.1 Å². The maximum atomic E-state index is 5.95. The number of nitrogens with one attached hydrogen (secondary N) is 3. The number of aryl methyl sites for hydroxylation is 2. The summed E-state index contributed by atoms with van der Waals surface area (Å²) in [4.78, 5) is 6.60. The summed E-state index contributed by atoms with van der Waals surface area (Å²) in [6, 6.07) is 5.79. The van der Waals surface area contributed by atoms with Gasteiger partial charge in [-0.2, -0.15) is 0 Å². The van der Waals surface area contributed by atoms with Crippen LogP contribution in [0.2, 0.25) is 0 Å². The molecule has 1 aliphatic rings. The third kappa shape index (κ3) is 7.68. The third-order valence-corrected chi connectivity index (χ3v) is 5.54. The summed E-state index contributed by atoms with van der Waals surface area (Å²) < 4.78 is 13.6. The quantitative estimate of drug-likeness (QED) is 0.359. The van der Waals surface area contributed by atoms with E-state index in [4.69, 9.17) is 21.7 Å². The lowest BCUT2D eigenvalue weighted by Gasteiger charge is -2.27. The number of imidazole rings is 1. The molecule has 31 heavy (non-hydrogen) atoms. The van der Waals surface area contributed by atoms with Crippen molar-refractivity contribution in [1.29, 1.82) is 0 Å². The summed E-state index contributed by atoms with van der Waals surface area (Å²) in [7, 11) is 1.65. The van der Waals surface area contributed by atoms with E-state index < -0.39 is 0 Å². The lowest BCUT2D eigenvalue weighted by molar-refractivity contribution is 0.211. The number of rotatable bonds is 11. The van der Waals surface area contributed by atoms with Crippen molar-refractivity contribution in [2.45, 2.75) is 26.3 Å². The van der Waals surface area contributed by atoms with E-state index in [0.717, 1.165) is 70.1 Å². The number of aromatic nitrogens is 2. The minimum atomic E-state index is 0.592. The van der Waals surface area contributed by atoms with Gasteiger partial charge in [-0.3, -0.25) is 0 Å². The average Bonchev–Trinajstić information content (AvgIpc) is 3.20. The molecule has 0 aliphatic carbocycles. The second-order valence-electron chi connectivity index (χ2n) is 7.62. The van der Waals surface area contributed by atoms with Crippen LogP contribution in [0.5, 0.6) is 11.5 Å². The summed E-state index contributed by atoms with van der Waals surface area (Å²) in [6.45, 7) is 9.86. The highest BCUT2D eigenvalue weighted by Gasteiger charge is 2.10. The third-order valence-electron chi connectivity index (χ3n) is 5.29. The van der Waals surface area contributed by atoms with Gasteiger partial charge >= 0.3 is 0 Å². The summed E-state index contributed by atoms with van der Waals surface area (Å²) in [6.07, 6.45) is 5.68. The van der Waals surface area contributed by atoms with Gasteiger partial charge in [-0.05, 0) is 44.1 Å². The lowest BCUT2D eigenvalue weighted by atomic mass is 10.2. The molecule has 0 atom stereocenters. The first-order chi connectivity index (χ1) is 15.2. The highest BCUT2D eigenvalue weighted by atomic mass is 32.1. The number of anilines is 1. The number of hydrogen-bond donors (Lipinski definition) is 3. The number of benzene rings is 1. The molecule has 9 heteroatoms. The first kappa shape index (κ1) is 23.3. The zero-order valence-corrected chi connectivity index (χ0v) is 19.3. The molecule has 1 saturated heterocycles. The zero-order chi connectivity index (χ0) is 21.9. The molecule has 0 spiro atoms. The van der Waals surface area contributed by atoms with E-state index >= 15 is 0 Å². The number of piperazine rings is 1. The van der Waals surface area contributed by atoms with Gasteiger partial charge in [-0.1, -0.05) is 0 Å². The van der Waals surface area contributed by atoms with Crippen molar-refractivity contribution >= 4 is 23.0 Å². The number of hydrogen-bond acceptors (Lipinski definition) is 6. The Morgan fingerprint density at radius 1 is 1.19 bits per heavy atom. The van der Waals surface area contributed by atoms with E-state index in [1.807, 2.05) is 30.7 Å². The van der Waals surface area contributed by atoms with Gasteiger partial charge < -0.3 is 34.9 Å². The molecule has 3 N–H and O–H groups in total. The van der Waals surface area contributed by atoms with Crippen LogP contribution < -0.4 is 25.4 Å². The maximum absolute atomic E-state index is 5.95. The van der Waals surface area contributed by atoms with Gasteiger partial charge in [0.25, 0.3) is 0 Å². The van der Waals surface area contributed by atoms with E-state index in [0.29, 0.717) is 17.5 Å². The second-order valence-corrected chi connectivity index (χ2v) is 8.03. The molecule has 1 aliphatic heterocycles. The normalized spacial score (nSPS) is 14.3. The van der Waals surface area contributed by atoms with Crippen LogP contribution in [0.15, 0.2) is 30.7 Å². The van der Waals surface area contributed by atoms with Crippen LogP contribution in [0.25, 0.3) is 0 Å². The van der Waals surface area contributed by atoms with Crippen molar-refractivity contribution in [3.63, 3.8) is 0 Å². The summed E-state index contributed by atoms with van der Waals surface area (Å²) in [5.41, 5.74) is 2.03. The van der Waals surface area contributed by atoms with Gasteiger partial charge in [0.05, 0.1) is 20.0 Å². The van der Waals surface area contributed by atoms with Crippen LogP contribution in [0.3, 0.4) is 0 Å². The number of thiocarbonyl (C=S) groups is 1. The molecule has 0 unspecified atom stereocenters. The van der Waals surface area contributed by atoms with Crippen molar-refractivity contribution in [3.05, 3.63) is 36.4 Å². The van der Waals surface area contributed by atoms with Crippen molar-refractivity contribution in [3.8, 4) is 11.5 Å². The van der Waals surface area contributed by atoms with Crippen LogP contribution in [0, 0.1) is 6.92 Å². The molecule has 1 fully saturated rings. The second kappa shape index (κ2) is 12.5. The molecule has 1 aromatic heterocycles. The molecule has 2 aromatic rings. The van der Waals surface area contributed by atoms with E-state index in [9.17, 15) is 0 Å². The Morgan fingerprint density at radius 3 is 2.77 bits per heavy atom. The monoisotopic (exact) mass is 446 g/mol. The average molecular weight is 447 g/mol. The minimum absolute atomic E-state index is 0.592. The summed E-state index contributed by atoms with van der Waals surface area (Å²) in [5, 5.41) is 10.4. The Kier molecular flexibility index (Phi) is 9.39. The van der Waals surface area contributed by atoms with E-state index in [-0.39, 0.29) is 0 Å². The Hall–Kier alpha value is -2.36. The zero-order valence-electron chi connectivity index (χ0n) is 18.5. The van der Waals surface area contributed by atoms with E-state index in [2.05, 4.69) is 37.3 Å². The van der Waals surface area contributed by atoms with Crippen LogP contribution in [0.1, 0.15) is 18.5 Å². The molecule has 1 aromatic carbocycles. The highest BCUT2D eigenvalue weighted by molar-refractivity contribution is 7.80. The SMILES string of the molecule is COc1cc(NC(=S)NCCCn2cncc2C)ccc1OCCCN1CCNCC1. The molecule has 0 radical (unpaired) electrons. The van der Waals surface area contributed by atoms with Crippen LogP contribution in [-0.2, 0) is 6.54 Å². The number of nitrogens with zero attached hydrogens (tertiary/aromatic N) is 3. The molecule has 170 valence electrons. The molecule has 0 amide bonds.